The minimum atomic E-state index is -0.908. The second kappa shape index (κ2) is 9.19. The van der Waals surface area contributed by atoms with E-state index in [4.69, 9.17) is 15.2 Å². The first kappa shape index (κ1) is 14.9. The SMILES string of the molecule is NC(CS)C(=O)OCCOCCO[N+](=O)[O-]. The number of carbonyl (C=O) groups is 1. The molecule has 8 nitrogen and oxygen atoms in total. The Hall–Kier alpha value is -1.06. The smallest absolute Gasteiger partial charge is 0.323 e. The number of hydrogen-bond acceptors (Lipinski definition) is 8. The molecule has 94 valence electrons. The molecule has 0 aliphatic heterocycles. The maximum absolute atomic E-state index is 11.0. The van der Waals surface area contributed by atoms with Crippen LogP contribution in [-0.4, -0.2) is 49.3 Å². The lowest BCUT2D eigenvalue weighted by molar-refractivity contribution is -0.758. The van der Waals surface area contributed by atoms with Crippen molar-refractivity contribution >= 4 is 18.6 Å². The standard InChI is InChI=1S/C7H14N2O6S/c8-6(5-16)7(10)14-3-1-13-2-4-15-9(11)12/h6,16H,1-5,8H2. The molecule has 0 saturated heterocycles. The van der Waals surface area contributed by atoms with Gasteiger partial charge in [0.05, 0.1) is 13.2 Å². The lowest BCUT2D eigenvalue weighted by atomic mass is 10.4. The van der Waals surface area contributed by atoms with Crippen LogP contribution in [0.1, 0.15) is 0 Å². The Bertz CT molecular complexity index is 227. The number of carbonyl (C=O) groups excluding carboxylic acids is 1. The first-order valence-electron chi connectivity index (χ1n) is 4.46. The summed E-state index contributed by atoms with van der Waals surface area (Å²) in [7, 11) is 0. The Balaban J connectivity index is 3.27. The number of nitrogens with zero attached hydrogens (tertiary/aromatic N) is 1. The van der Waals surface area contributed by atoms with Crippen LogP contribution in [0.25, 0.3) is 0 Å². The Morgan fingerprint density at radius 2 is 2.00 bits per heavy atom. The number of hydrogen-bond donors (Lipinski definition) is 2. The molecule has 0 rings (SSSR count). The second-order valence-electron chi connectivity index (χ2n) is 2.63. The van der Waals surface area contributed by atoms with Crippen LogP contribution in [-0.2, 0) is 19.1 Å². The van der Waals surface area contributed by atoms with Crippen LogP contribution < -0.4 is 5.73 Å². The van der Waals surface area contributed by atoms with Crippen molar-refractivity contribution in [3.8, 4) is 0 Å². The van der Waals surface area contributed by atoms with Gasteiger partial charge in [-0.3, -0.25) is 4.79 Å². The molecule has 0 saturated carbocycles. The number of ether oxygens (including phenoxy) is 2. The largest absolute Gasteiger partial charge is 0.462 e. The van der Waals surface area contributed by atoms with Gasteiger partial charge < -0.3 is 20.0 Å². The highest BCUT2D eigenvalue weighted by molar-refractivity contribution is 7.80. The van der Waals surface area contributed by atoms with E-state index in [1.54, 1.807) is 0 Å². The third-order valence-corrected chi connectivity index (χ3v) is 1.79. The number of esters is 1. The minimum absolute atomic E-state index is 0.0405. The van der Waals surface area contributed by atoms with Crippen LogP contribution in [0, 0.1) is 10.1 Å². The Labute approximate surface area is 97.5 Å². The van der Waals surface area contributed by atoms with Crippen LogP contribution >= 0.6 is 12.6 Å². The van der Waals surface area contributed by atoms with Crippen molar-refractivity contribution in [2.75, 3.05) is 32.2 Å². The summed E-state index contributed by atoms with van der Waals surface area (Å²) in [5.41, 5.74) is 5.33. The van der Waals surface area contributed by atoms with Crippen LogP contribution in [0.2, 0.25) is 0 Å². The highest BCUT2D eigenvalue weighted by Crippen LogP contribution is 1.89. The zero-order chi connectivity index (χ0) is 12.4. The van der Waals surface area contributed by atoms with E-state index in [2.05, 4.69) is 17.5 Å². The highest BCUT2D eigenvalue weighted by atomic mass is 32.1. The van der Waals surface area contributed by atoms with E-state index in [0.717, 1.165) is 0 Å². The van der Waals surface area contributed by atoms with Gasteiger partial charge >= 0.3 is 5.97 Å². The molecule has 1 atom stereocenters. The van der Waals surface area contributed by atoms with Gasteiger partial charge in [-0.2, -0.15) is 12.6 Å². The molecular weight excluding hydrogens is 240 g/mol. The lowest BCUT2D eigenvalue weighted by Crippen LogP contribution is -2.34. The first-order valence-corrected chi connectivity index (χ1v) is 5.09. The predicted molar refractivity (Wildman–Crippen MR) is 56.6 cm³/mol. The highest BCUT2D eigenvalue weighted by Gasteiger charge is 2.12. The van der Waals surface area contributed by atoms with Gasteiger partial charge in [0.2, 0.25) is 0 Å². The van der Waals surface area contributed by atoms with Crippen molar-refractivity contribution in [3.63, 3.8) is 0 Å². The topological polar surface area (TPSA) is 114 Å². The number of rotatable bonds is 9. The fourth-order valence-corrected chi connectivity index (χ4v) is 0.805. The molecule has 0 spiro atoms. The average Bonchev–Trinajstić information content (AvgIpc) is 2.25. The number of nitrogens with two attached hydrogens (primary N) is 1. The molecule has 0 aromatic heterocycles. The monoisotopic (exact) mass is 254 g/mol. The van der Waals surface area contributed by atoms with Gasteiger partial charge in [-0.25, -0.2) is 0 Å². The number of thiol groups is 1. The molecule has 0 bridgehead atoms. The molecule has 0 fully saturated rings. The summed E-state index contributed by atoms with van der Waals surface area (Å²) >= 11 is 3.83. The van der Waals surface area contributed by atoms with Crippen molar-refractivity contribution in [2.24, 2.45) is 5.73 Å². The van der Waals surface area contributed by atoms with E-state index in [9.17, 15) is 14.9 Å². The van der Waals surface area contributed by atoms with E-state index in [-0.39, 0.29) is 32.2 Å². The van der Waals surface area contributed by atoms with Gasteiger partial charge in [-0.1, -0.05) is 0 Å². The van der Waals surface area contributed by atoms with Crippen LogP contribution in [0.15, 0.2) is 0 Å². The first-order chi connectivity index (χ1) is 7.57. The van der Waals surface area contributed by atoms with E-state index < -0.39 is 17.1 Å². The summed E-state index contributed by atoms with van der Waals surface area (Å²) in [6.07, 6.45) is 0. The fourth-order valence-electron chi connectivity index (χ4n) is 0.656. The third kappa shape index (κ3) is 8.26. The fraction of sp³-hybridized carbons (Fsp3) is 0.857. The summed E-state index contributed by atoms with van der Waals surface area (Å²) < 4.78 is 9.59. The molecule has 0 radical (unpaired) electrons. The van der Waals surface area contributed by atoms with Crippen molar-refractivity contribution in [2.45, 2.75) is 6.04 Å². The molecule has 0 heterocycles. The Kier molecular flexibility index (Phi) is 8.58. The zero-order valence-corrected chi connectivity index (χ0v) is 9.43. The maximum Gasteiger partial charge on any atom is 0.323 e. The molecule has 1 unspecified atom stereocenters. The summed E-state index contributed by atoms with van der Waals surface area (Å²) in [5, 5.41) is 8.82. The molecule has 0 aliphatic rings. The van der Waals surface area contributed by atoms with Gasteiger partial charge in [0.1, 0.15) is 19.3 Å². The molecule has 0 aromatic carbocycles. The summed E-state index contributed by atoms with van der Waals surface area (Å²) in [4.78, 5) is 24.7. The summed E-state index contributed by atoms with van der Waals surface area (Å²) in [5.74, 6) is -0.351. The van der Waals surface area contributed by atoms with Crippen molar-refractivity contribution in [1.82, 2.24) is 0 Å². The Morgan fingerprint density at radius 1 is 1.38 bits per heavy atom. The van der Waals surface area contributed by atoms with Crippen molar-refractivity contribution in [3.05, 3.63) is 10.1 Å². The van der Waals surface area contributed by atoms with Crippen molar-refractivity contribution < 1.29 is 24.2 Å². The molecule has 16 heavy (non-hydrogen) atoms. The van der Waals surface area contributed by atoms with Gasteiger partial charge in [0, 0.05) is 5.75 Å². The molecule has 2 N–H and O–H groups in total. The van der Waals surface area contributed by atoms with E-state index in [1.165, 1.54) is 0 Å². The van der Waals surface area contributed by atoms with Gasteiger partial charge in [0.25, 0.3) is 5.09 Å². The molecular formula is C7H14N2O6S. The summed E-state index contributed by atoms with van der Waals surface area (Å²) in [6, 6.07) is -0.749. The van der Waals surface area contributed by atoms with Crippen molar-refractivity contribution in [1.29, 1.82) is 0 Å². The van der Waals surface area contributed by atoms with Gasteiger partial charge in [-0.05, 0) is 0 Å². The van der Waals surface area contributed by atoms with E-state index in [1.807, 2.05) is 0 Å². The van der Waals surface area contributed by atoms with Crippen LogP contribution in [0.5, 0.6) is 0 Å². The normalized spacial score (nSPS) is 11.9. The van der Waals surface area contributed by atoms with Crippen LogP contribution in [0.4, 0.5) is 0 Å². The third-order valence-electron chi connectivity index (χ3n) is 1.40. The second-order valence-corrected chi connectivity index (χ2v) is 2.99. The zero-order valence-electron chi connectivity index (χ0n) is 8.53. The van der Waals surface area contributed by atoms with E-state index in [0.29, 0.717) is 0 Å². The minimum Gasteiger partial charge on any atom is -0.462 e. The summed E-state index contributed by atoms with van der Waals surface area (Å²) in [6.45, 7) is 0.0686. The van der Waals surface area contributed by atoms with E-state index >= 15 is 0 Å². The predicted octanol–water partition coefficient (Wildman–Crippen LogP) is -0.988. The Morgan fingerprint density at radius 3 is 2.56 bits per heavy atom. The van der Waals surface area contributed by atoms with Crippen LogP contribution in [0.3, 0.4) is 0 Å². The molecule has 0 aromatic rings. The molecule has 9 heteroatoms. The average molecular weight is 254 g/mol. The van der Waals surface area contributed by atoms with Gasteiger partial charge in [0.15, 0.2) is 0 Å². The molecule has 0 aliphatic carbocycles. The quantitative estimate of drug-likeness (QED) is 0.178. The van der Waals surface area contributed by atoms with Gasteiger partial charge in [-0.15, -0.1) is 10.1 Å². The lowest BCUT2D eigenvalue weighted by Gasteiger charge is -2.08. The maximum atomic E-state index is 11.0. The molecule has 0 amide bonds.